The van der Waals surface area contributed by atoms with Crippen molar-refractivity contribution < 1.29 is 4.79 Å². The average Bonchev–Trinajstić information content (AvgIpc) is 2.55. The van der Waals surface area contributed by atoms with Gasteiger partial charge < -0.3 is 9.88 Å². The van der Waals surface area contributed by atoms with Gasteiger partial charge in [0, 0.05) is 29.6 Å². The molecule has 0 unspecified atom stereocenters. The molecule has 4 nitrogen and oxygen atoms in total. The van der Waals surface area contributed by atoms with Crippen molar-refractivity contribution in [3.63, 3.8) is 0 Å². The highest BCUT2D eigenvalue weighted by molar-refractivity contribution is 7.07. The zero-order valence-corrected chi connectivity index (χ0v) is 11.7. The van der Waals surface area contributed by atoms with Crippen LogP contribution in [0.1, 0.15) is 39.3 Å². The minimum absolute atomic E-state index is 0.00468. The summed E-state index contributed by atoms with van der Waals surface area (Å²) in [7, 11) is 0. The standard InChI is InChI=1S/C12H20N2O2S/c1-5-12(3,4)13-10(15)6-7-14-9(2)8-17-11(14)16/h8H,5-7H2,1-4H3,(H,13,15). The van der Waals surface area contributed by atoms with E-state index in [4.69, 9.17) is 0 Å². The fourth-order valence-electron chi connectivity index (χ4n) is 1.42. The van der Waals surface area contributed by atoms with Gasteiger partial charge in [-0.25, -0.2) is 0 Å². The summed E-state index contributed by atoms with van der Waals surface area (Å²) in [6.45, 7) is 8.36. The van der Waals surface area contributed by atoms with Gasteiger partial charge in [-0.3, -0.25) is 9.59 Å². The highest BCUT2D eigenvalue weighted by Crippen LogP contribution is 2.07. The lowest BCUT2D eigenvalue weighted by Gasteiger charge is -2.24. The van der Waals surface area contributed by atoms with Crippen molar-refractivity contribution in [2.75, 3.05) is 0 Å². The van der Waals surface area contributed by atoms with Crippen LogP contribution >= 0.6 is 11.3 Å². The van der Waals surface area contributed by atoms with Crippen molar-refractivity contribution in [3.8, 4) is 0 Å². The average molecular weight is 256 g/mol. The normalized spacial score (nSPS) is 11.5. The summed E-state index contributed by atoms with van der Waals surface area (Å²) < 4.78 is 1.64. The number of nitrogens with zero attached hydrogens (tertiary/aromatic N) is 1. The first-order valence-corrected chi connectivity index (χ1v) is 6.69. The van der Waals surface area contributed by atoms with E-state index in [1.807, 2.05) is 33.1 Å². The molecule has 0 fully saturated rings. The Morgan fingerprint density at radius 2 is 2.18 bits per heavy atom. The van der Waals surface area contributed by atoms with E-state index in [0.29, 0.717) is 13.0 Å². The molecule has 0 spiro atoms. The zero-order valence-electron chi connectivity index (χ0n) is 10.9. The van der Waals surface area contributed by atoms with Crippen LogP contribution < -0.4 is 10.2 Å². The molecule has 1 aromatic rings. The predicted molar refractivity (Wildman–Crippen MR) is 70.4 cm³/mol. The Hall–Kier alpha value is -1.10. The van der Waals surface area contributed by atoms with Crippen LogP contribution in [0.2, 0.25) is 0 Å². The molecule has 0 aliphatic carbocycles. The van der Waals surface area contributed by atoms with Crippen molar-refractivity contribution in [3.05, 3.63) is 20.7 Å². The van der Waals surface area contributed by atoms with Crippen molar-refractivity contribution in [2.45, 2.75) is 52.6 Å². The maximum atomic E-state index is 11.7. The molecule has 0 atom stereocenters. The first-order chi connectivity index (χ1) is 7.85. The van der Waals surface area contributed by atoms with Crippen LogP contribution in [0.15, 0.2) is 10.2 Å². The quantitative estimate of drug-likeness (QED) is 0.875. The Labute approximate surface area is 106 Å². The first-order valence-electron chi connectivity index (χ1n) is 5.81. The largest absolute Gasteiger partial charge is 0.351 e. The third-order valence-electron chi connectivity index (χ3n) is 2.90. The van der Waals surface area contributed by atoms with Gasteiger partial charge in [-0.05, 0) is 27.2 Å². The van der Waals surface area contributed by atoms with E-state index >= 15 is 0 Å². The lowest BCUT2D eigenvalue weighted by molar-refractivity contribution is -0.122. The Kier molecular flexibility index (Phi) is 4.51. The highest BCUT2D eigenvalue weighted by atomic mass is 32.1. The number of nitrogens with one attached hydrogen (secondary N) is 1. The van der Waals surface area contributed by atoms with Crippen molar-refractivity contribution >= 4 is 17.2 Å². The molecule has 1 N–H and O–H groups in total. The van der Waals surface area contributed by atoms with Gasteiger partial charge in [-0.2, -0.15) is 0 Å². The molecule has 0 bridgehead atoms. The molecule has 17 heavy (non-hydrogen) atoms. The molecule has 0 saturated carbocycles. The predicted octanol–water partition coefficient (Wildman–Crippen LogP) is 1.91. The maximum Gasteiger partial charge on any atom is 0.307 e. The Bertz CT molecular complexity index is 446. The van der Waals surface area contributed by atoms with Gasteiger partial charge in [0.1, 0.15) is 0 Å². The summed E-state index contributed by atoms with van der Waals surface area (Å²) in [6.07, 6.45) is 1.23. The molecule has 1 amide bonds. The Morgan fingerprint density at radius 1 is 1.53 bits per heavy atom. The number of aryl methyl sites for hydroxylation is 1. The minimum Gasteiger partial charge on any atom is -0.351 e. The van der Waals surface area contributed by atoms with Crippen LogP contribution in [0.3, 0.4) is 0 Å². The molecule has 1 heterocycles. The van der Waals surface area contributed by atoms with Crippen LogP contribution in [0.5, 0.6) is 0 Å². The second-order valence-electron chi connectivity index (χ2n) is 4.83. The van der Waals surface area contributed by atoms with E-state index in [1.165, 1.54) is 11.3 Å². The number of carbonyl (C=O) groups is 1. The summed E-state index contributed by atoms with van der Waals surface area (Å²) in [4.78, 5) is 23.2. The molecule has 0 aliphatic rings. The zero-order chi connectivity index (χ0) is 13.1. The second kappa shape index (κ2) is 5.49. The Balaban J connectivity index is 2.52. The third kappa shape index (κ3) is 4.00. The van der Waals surface area contributed by atoms with E-state index in [-0.39, 0.29) is 16.3 Å². The molecule has 0 aliphatic heterocycles. The number of hydrogen-bond acceptors (Lipinski definition) is 3. The Morgan fingerprint density at radius 3 is 2.65 bits per heavy atom. The molecule has 5 heteroatoms. The van der Waals surface area contributed by atoms with Crippen LogP contribution in [0, 0.1) is 6.92 Å². The maximum absolute atomic E-state index is 11.7. The van der Waals surface area contributed by atoms with Crippen molar-refractivity contribution in [2.24, 2.45) is 0 Å². The van der Waals surface area contributed by atoms with E-state index < -0.39 is 0 Å². The number of thiazole rings is 1. The molecule has 1 aromatic heterocycles. The number of amides is 1. The van der Waals surface area contributed by atoms with Crippen molar-refractivity contribution in [1.82, 2.24) is 9.88 Å². The molecule has 96 valence electrons. The second-order valence-corrected chi connectivity index (χ2v) is 5.65. The van der Waals surface area contributed by atoms with E-state index in [1.54, 1.807) is 4.57 Å². The third-order valence-corrected chi connectivity index (χ3v) is 3.78. The van der Waals surface area contributed by atoms with Gasteiger partial charge in [0.25, 0.3) is 0 Å². The molecule has 1 rings (SSSR count). The number of carbonyl (C=O) groups excluding carboxylic acids is 1. The molecule has 0 saturated heterocycles. The number of rotatable bonds is 5. The van der Waals surface area contributed by atoms with Crippen LogP contribution in [0.25, 0.3) is 0 Å². The first kappa shape index (κ1) is 14.0. The fourth-order valence-corrected chi connectivity index (χ4v) is 2.18. The summed E-state index contributed by atoms with van der Waals surface area (Å²) in [5, 5.41) is 4.77. The summed E-state index contributed by atoms with van der Waals surface area (Å²) in [6, 6.07) is 0. The summed E-state index contributed by atoms with van der Waals surface area (Å²) >= 11 is 1.18. The highest BCUT2D eigenvalue weighted by Gasteiger charge is 2.17. The fraction of sp³-hybridized carbons (Fsp3) is 0.667. The lowest BCUT2D eigenvalue weighted by atomic mass is 10.0. The topological polar surface area (TPSA) is 51.1 Å². The van der Waals surface area contributed by atoms with Gasteiger partial charge in [0.15, 0.2) is 0 Å². The van der Waals surface area contributed by atoms with Gasteiger partial charge in [-0.1, -0.05) is 18.3 Å². The molecule has 0 radical (unpaired) electrons. The van der Waals surface area contributed by atoms with Gasteiger partial charge in [-0.15, -0.1) is 0 Å². The SMILES string of the molecule is CCC(C)(C)NC(=O)CCn1c(C)csc1=O. The number of aromatic nitrogens is 1. The summed E-state index contributed by atoms with van der Waals surface area (Å²) in [5.41, 5.74) is 0.744. The molecular weight excluding hydrogens is 236 g/mol. The van der Waals surface area contributed by atoms with E-state index in [2.05, 4.69) is 5.32 Å². The molecular formula is C12H20N2O2S. The van der Waals surface area contributed by atoms with Crippen LogP contribution in [-0.4, -0.2) is 16.0 Å². The smallest absolute Gasteiger partial charge is 0.307 e. The van der Waals surface area contributed by atoms with Crippen LogP contribution in [-0.2, 0) is 11.3 Å². The summed E-state index contributed by atoms with van der Waals surface area (Å²) in [5.74, 6) is -0.00523. The lowest BCUT2D eigenvalue weighted by Crippen LogP contribution is -2.43. The van der Waals surface area contributed by atoms with Crippen molar-refractivity contribution in [1.29, 1.82) is 0 Å². The van der Waals surface area contributed by atoms with Gasteiger partial charge in [0.2, 0.25) is 5.91 Å². The monoisotopic (exact) mass is 256 g/mol. The van der Waals surface area contributed by atoms with E-state index in [0.717, 1.165) is 12.1 Å². The van der Waals surface area contributed by atoms with Gasteiger partial charge in [0.05, 0.1) is 0 Å². The molecule has 0 aromatic carbocycles. The van der Waals surface area contributed by atoms with Crippen LogP contribution in [0.4, 0.5) is 0 Å². The van der Waals surface area contributed by atoms with E-state index in [9.17, 15) is 9.59 Å². The van der Waals surface area contributed by atoms with Gasteiger partial charge >= 0.3 is 4.87 Å². The number of hydrogen-bond donors (Lipinski definition) is 1. The minimum atomic E-state index is -0.175.